The van der Waals surface area contributed by atoms with Gasteiger partial charge in [-0.15, -0.1) is 18.2 Å². The average Bonchev–Trinajstić information content (AvgIpc) is 3.80. The molecule has 0 aliphatic heterocycles. The molecule has 6 aromatic carbocycles. The molecule has 277 valence electrons. The van der Waals surface area contributed by atoms with Gasteiger partial charge in [0.1, 0.15) is 5.82 Å². The zero-order valence-corrected chi connectivity index (χ0v) is 35.1. The summed E-state index contributed by atoms with van der Waals surface area (Å²) in [4.78, 5) is 14.0. The number of benzene rings is 6. The van der Waals surface area contributed by atoms with Crippen LogP contribution in [0.2, 0.25) is 17.3 Å². The molecule has 0 aliphatic rings. The zero-order valence-electron chi connectivity index (χ0n) is 36.6. The Labute approximate surface area is 349 Å². The van der Waals surface area contributed by atoms with Gasteiger partial charge in [0.15, 0.2) is 0 Å². The van der Waals surface area contributed by atoms with Crippen LogP contribution in [0.25, 0.3) is 83.1 Å². The van der Waals surface area contributed by atoms with E-state index in [9.17, 15) is 4.39 Å². The number of fused-ring (bicyclic) bond motifs is 6. The van der Waals surface area contributed by atoms with E-state index in [1.165, 1.54) is 12.1 Å². The second kappa shape index (κ2) is 14.9. The molecule has 56 heavy (non-hydrogen) atoms. The quantitative estimate of drug-likeness (QED) is 0.130. The fourth-order valence-corrected chi connectivity index (χ4v) is 10.8. The van der Waals surface area contributed by atoms with Crippen LogP contribution in [0.5, 0.6) is 0 Å². The summed E-state index contributed by atoms with van der Waals surface area (Å²) in [6, 6.07) is 48.1. The number of imidazole rings is 1. The van der Waals surface area contributed by atoms with Gasteiger partial charge in [-0.1, -0.05) is 65.5 Å². The van der Waals surface area contributed by atoms with Crippen molar-refractivity contribution < 1.29 is 37.1 Å². The van der Waals surface area contributed by atoms with Crippen molar-refractivity contribution in [2.45, 2.75) is 31.0 Å². The molecule has 0 unspecified atom stereocenters. The van der Waals surface area contributed by atoms with Crippen LogP contribution < -0.4 is 4.40 Å². The van der Waals surface area contributed by atoms with Crippen molar-refractivity contribution in [1.82, 2.24) is 19.5 Å². The van der Waals surface area contributed by atoms with Crippen LogP contribution in [0.15, 0.2) is 138 Å². The molecule has 4 aromatic heterocycles. The third kappa shape index (κ3) is 6.64. The summed E-state index contributed by atoms with van der Waals surface area (Å²) >= 11 is -2.82. The van der Waals surface area contributed by atoms with E-state index in [0.717, 1.165) is 49.7 Å². The molecule has 0 atom stereocenters. The molecule has 0 spiro atoms. The molecule has 0 aliphatic carbocycles. The maximum Gasteiger partial charge on any atom is 0 e. The molecule has 0 fully saturated rings. The SMILES string of the molecule is Fc1cccc2nc3oc4c(-c5nc6ccccc6n5-c5cccc6ccccc56)[c-]ccc4c3cc12.[2H]C([2H])([2H])c1cc(-c2[c-]cccc2)nc(C([2H])([2H])[2H])[c]1[Ge]([CH3])([CH3])[CH3].[Ir]. The Balaban J connectivity index is 0.000000185. The van der Waals surface area contributed by atoms with Crippen LogP contribution in [-0.4, -0.2) is 32.8 Å². The van der Waals surface area contributed by atoms with E-state index in [0.29, 0.717) is 37.9 Å². The number of para-hydroxylation sites is 2. The predicted molar refractivity (Wildman–Crippen MR) is 226 cm³/mol. The number of hydrogen-bond acceptors (Lipinski definition) is 4. The minimum atomic E-state index is -2.82. The first-order chi connectivity index (χ1) is 29.1. The molecule has 4 heterocycles. The number of halogens is 1. The minimum Gasteiger partial charge on any atom is 0 e. The van der Waals surface area contributed by atoms with Crippen molar-refractivity contribution in [3.63, 3.8) is 0 Å². The molecule has 0 saturated heterocycles. The zero-order chi connectivity index (χ0) is 42.8. The first kappa shape index (κ1) is 30.7. The van der Waals surface area contributed by atoms with Crippen LogP contribution in [0, 0.1) is 31.7 Å². The van der Waals surface area contributed by atoms with Gasteiger partial charge in [0.2, 0.25) is 5.71 Å². The number of aromatic nitrogens is 4. The van der Waals surface area contributed by atoms with Crippen molar-refractivity contribution in [1.29, 1.82) is 0 Å². The van der Waals surface area contributed by atoms with Crippen LogP contribution >= 0.6 is 0 Å². The van der Waals surface area contributed by atoms with Gasteiger partial charge < -0.3 is 8.98 Å². The average molecular weight is 976 g/mol. The summed E-state index contributed by atoms with van der Waals surface area (Å²) < 4.78 is 70.8. The largest absolute Gasteiger partial charge is 0 e. The van der Waals surface area contributed by atoms with Gasteiger partial charge in [-0.25, -0.2) is 9.37 Å². The van der Waals surface area contributed by atoms with Crippen molar-refractivity contribution >= 4 is 72.4 Å². The van der Waals surface area contributed by atoms with E-state index in [1.54, 1.807) is 36.4 Å². The van der Waals surface area contributed by atoms with Gasteiger partial charge in [-0.05, 0) is 41.8 Å². The molecule has 0 N–H and O–H groups in total. The first-order valence-corrected chi connectivity index (χ1v) is 25.2. The monoisotopic (exact) mass is 977 g/mol. The topological polar surface area (TPSA) is 56.7 Å². The Bertz CT molecular complexity index is 3270. The van der Waals surface area contributed by atoms with Crippen molar-refractivity contribution in [2.75, 3.05) is 0 Å². The van der Waals surface area contributed by atoms with Gasteiger partial charge in [-0.2, -0.15) is 0 Å². The number of furan rings is 1. The summed E-state index contributed by atoms with van der Waals surface area (Å²) in [6.45, 7) is -4.85. The Hall–Kier alpha value is -5.47. The molecule has 8 heteroatoms. The Kier molecular flexibility index (Phi) is 8.16. The van der Waals surface area contributed by atoms with E-state index >= 15 is 0 Å². The number of rotatable bonds is 4. The summed E-state index contributed by atoms with van der Waals surface area (Å²) in [6.07, 6.45) is 0. The summed E-state index contributed by atoms with van der Waals surface area (Å²) in [5, 5.41) is 4.34. The number of aryl methyl sites for hydroxylation is 2. The third-order valence-electron chi connectivity index (χ3n) is 9.76. The fourth-order valence-electron chi connectivity index (χ4n) is 7.31. The Morgan fingerprint density at radius 3 is 2.30 bits per heavy atom. The summed E-state index contributed by atoms with van der Waals surface area (Å²) in [5.41, 5.74) is 6.21. The fraction of sp³-hybridized carbons (Fsp3) is 0.104. The molecule has 10 aromatic rings. The first-order valence-electron chi connectivity index (χ1n) is 20.9. The van der Waals surface area contributed by atoms with Crippen LogP contribution in [0.3, 0.4) is 0 Å². The molecule has 0 bridgehead atoms. The molecular formula is C48H37FGeIrN4O-2. The van der Waals surface area contributed by atoms with E-state index in [4.69, 9.17) is 17.6 Å². The molecule has 0 amide bonds. The molecule has 5 nitrogen and oxygen atoms in total. The maximum absolute atomic E-state index is 14.6. The minimum absolute atomic E-state index is 0. The maximum atomic E-state index is 14.6. The standard InChI is InChI=1S/C32H17FN3O.C16H20GeN.Ir/c33-25-13-7-15-26-24(25)18-23-21-11-6-12-22(30(21)37-32(23)35-26)31-34-27-14-3-4-16-29(27)36(31)28-17-5-9-19-8-1-2-10-20(19)28;1-12-11-15(14-9-7-6-8-10-14)18-13(2)16(12)17(3,4)5;/h1-11,13-18H;6-9,11H,1-5H3;/q2*-1;/i;1D3,2D3;. The summed E-state index contributed by atoms with van der Waals surface area (Å²) in [5.74, 6) is 6.36. The van der Waals surface area contributed by atoms with Crippen LogP contribution in [-0.2, 0) is 20.1 Å². The molecule has 1 radical (unpaired) electrons. The molecule has 10 rings (SSSR count). The van der Waals surface area contributed by atoms with Crippen molar-refractivity contribution in [3.8, 4) is 28.3 Å². The Morgan fingerprint density at radius 1 is 0.696 bits per heavy atom. The molecular weight excluding hydrogens is 932 g/mol. The van der Waals surface area contributed by atoms with E-state index in [-0.39, 0.29) is 37.2 Å². The second-order valence-corrected chi connectivity index (χ2v) is 24.9. The van der Waals surface area contributed by atoms with Crippen molar-refractivity contribution in [2.24, 2.45) is 0 Å². The number of hydrogen-bond donors (Lipinski definition) is 0. The van der Waals surface area contributed by atoms with Crippen molar-refractivity contribution in [3.05, 3.63) is 163 Å². The van der Waals surface area contributed by atoms with Crippen LogP contribution in [0.4, 0.5) is 4.39 Å². The smallest absolute Gasteiger partial charge is 0 e. The second-order valence-electron chi connectivity index (χ2n) is 14.4. The predicted octanol–water partition coefficient (Wildman–Crippen LogP) is 11.9. The summed E-state index contributed by atoms with van der Waals surface area (Å²) in [7, 11) is 0. The number of pyridine rings is 2. The van der Waals surface area contributed by atoms with Gasteiger partial charge >= 0.3 is 121 Å². The van der Waals surface area contributed by atoms with Gasteiger partial charge in [0.25, 0.3) is 0 Å². The Morgan fingerprint density at radius 2 is 1.48 bits per heavy atom. The van der Waals surface area contributed by atoms with Gasteiger partial charge in [0.05, 0.1) is 28.0 Å². The van der Waals surface area contributed by atoms with E-state index in [1.807, 2.05) is 65.8 Å². The van der Waals surface area contributed by atoms with Gasteiger partial charge in [0, 0.05) is 42.0 Å². The third-order valence-corrected chi connectivity index (χ3v) is 14.0. The van der Waals surface area contributed by atoms with Gasteiger partial charge in [-0.3, -0.25) is 4.98 Å². The van der Waals surface area contributed by atoms with E-state index in [2.05, 4.69) is 63.1 Å². The van der Waals surface area contributed by atoms with E-state index < -0.39 is 27.0 Å². The normalized spacial score (nSPS) is 13.6. The number of nitrogens with zero attached hydrogens (tertiary/aromatic N) is 4. The van der Waals surface area contributed by atoms with Crippen LogP contribution in [0.1, 0.15) is 19.5 Å². The molecule has 0 saturated carbocycles.